The number of benzene rings is 2. The van der Waals surface area contributed by atoms with Crippen molar-refractivity contribution in [3.05, 3.63) is 90.1 Å². The third kappa shape index (κ3) is 11.5. The third-order valence-electron chi connectivity index (χ3n) is 6.81. The van der Waals surface area contributed by atoms with E-state index in [1.165, 1.54) is 29.3 Å². The molecule has 2 aromatic carbocycles. The van der Waals surface area contributed by atoms with Gasteiger partial charge in [-0.2, -0.15) is 8.78 Å². The number of thioether (sulfide) groups is 1. The zero-order chi connectivity index (χ0) is 33.6. The SMILES string of the molecule is O=C(COC1CC(CNc2ccccn2)N(OC(=O)OCc2ccccc2)C1)NCC(NC(=O)c1ccccc1SC(F)F)C(=O)O. The largest absolute Gasteiger partial charge is 0.528 e. The molecule has 3 unspecified atom stereocenters. The Morgan fingerprint density at radius 1 is 1.02 bits per heavy atom. The standard InChI is InChI=1S/C31H33F2N5O8S/c32-30(33)47-25-11-5-4-10-23(25)28(40)37-24(29(41)42)16-36-27(39)19-44-22-14-21(15-35-26-12-6-7-13-34-26)38(17-22)46-31(43)45-18-20-8-2-1-3-9-20/h1-13,21-22,24,30H,14-19H2,(H,34,35)(H,36,39)(H,37,40)(H,41,42). The molecule has 1 saturated heterocycles. The molecule has 2 heterocycles. The first-order chi connectivity index (χ1) is 22.7. The number of nitrogens with zero attached hydrogens (tertiary/aromatic N) is 2. The number of ether oxygens (including phenoxy) is 2. The molecule has 2 amide bonds. The van der Waals surface area contributed by atoms with Crippen molar-refractivity contribution in [1.82, 2.24) is 20.7 Å². The third-order valence-corrected chi connectivity index (χ3v) is 7.59. The van der Waals surface area contributed by atoms with E-state index in [0.717, 1.165) is 5.56 Å². The predicted octanol–water partition coefficient (Wildman–Crippen LogP) is 3.54. The van der Waals surface area contributed by atoms with Gasteiger partial charge in [0.05, 0.1) is 24.3 Å². The van der Waals surface area contributed by atoms with Gasteiger partial charge in [-0.1, -0.05) is 60.3 Å². The maximum atomic E-state index is 12.9. The van der Waals surface area contributed by atoms with Crippen molar-refractivity contribution in [3.63, 3.8) is 0 Å². The number of rotatable bonds is 16. The molecule has 1 aliphatic heterocycles. The van der Waals surface area contributed by atoms with Gasteiger partial charge in [0.1, 0.15) is 25.1 Å². The first kappa shape index (κ1) is 35.1. The van der Waals surface area contributed by atoms with E-state index in [-0.39, 0.29) is 41.4 Å². The lowest BCUT2D eigenvalue weighted by molar-refractivity contribution is -0.143. The number of carboxylic acid groups (broad SMARTS) is 1. The number of aliphatic carboxylic acids is 1. The van der Waals surface area contributed by atoms with Crippen molar-refractivity contribution < 1.29 is 47.4 Å². The molecule has 1 aromatic heterocycles. The number of carbonyl (C=O) groups is 4. The minimum absolute atomic E-state index is 0.0173. The minimum atomic E-state index is -2.78. The van der Waals surface area contributed by atoms with Crippen LogP contribution < -0.4 is 16.0 Å². The van der Waals surface area contributed by atoms with E-state index in [1.54, 1.807) is 30.5 Å². The van der Waals surface area contributed by atoms with Gasteiger partial charge in [0.15, 0.2) is 0 Å². The van der Waals surface area contributed by atoms with E-state index in [1.807, 2.05) is 24.3 Å². The van der Waals surface area contributed by atoms with E-state index in [9.17, 15) is 33.1 Å². The number of amides is 2. The Kier molecular flexibility index (Phi) is 13.3. The van der Waals surface area contributed by atoms with E-state index >= 15 is 0 Å². The van der Waals surface area contributed by atoms with Gasteiger partial charge in [0, 0.05) is 24.2 Å². The van der Waals surface area contributed by atoms with Gasteiger partial charge in [-0.25, -0.2) is 14.6 Å². The van der Waals surface area contributed by atoms with Crippen LogP contribution in [0.1, 0.15) is 22.3 Å². The molecule has 13 nitrogen and oxygen atoms in total. The normalized spacial score (nSPS) is 16.7. The predicted molar refractivity (Wildman–Crippen MR) is 165 cm³/mol. The summed E-state index contributed by atoms with van der Waals surface area (Å²) < 4.78 is 36.8. The zero-order valence-electron chi connectivity index (χ0n) is 24.9. The van der Waals surface area contributed by atoms with Crippen LogP contribution in [0.4, 0.5) is 19.4 Å². The van der Waals surface area contributed by atoms with Gasteiger partial charge in [-0.15, -0.1) is 5.06 Å². The van der Waals surface area contributed by atoms with Gasteiger partial charge >= 0.3 is 12.1 Å². The molecule has 0 saturated carbocycles. The van der Waals surface area contributed by atoms with E-state index < -0.39 is 55.0 Å². The molecule has 3 aromatic rings. The molecule has 1 aliphatic rings. The fourth-order valence-electron chi connectivity index (χ4n) is 4.54. The smallest absolute Gasteiger partial charge is 0.480 e. The summed E-state index contributed by atoms with van der Waals surface area (Å²) >= 11 is 0.159. The average molecular weight is 674 g/mol. The Bertz CT molecular complexity index is 1490. The van der Waals surface area contributed by atoms with Gasteiger partial charge in [-0.3, -0.25) is 9.59 Å². The Morgan fingerprint density at radius 3 is 2.49 bits per heavy atom. The summed E-state index contributed by atoms with van der Waals surface area (Å²) in [6.45, 7) is -0.480. The highest BCUT2D eigenvalue weighted by molar-refractivity contribution is 7.99. The zero-order valence-corrected chi connectivity index (χ0v) is 25.7. The average Bonchev–Trinajstić information content (AvgIpc) is 3.45. The van der Waals surface area contributed by atoms with Crippen LogP contribution in [0.15, 0.2) is 83.9 Å². The van der Waals surface area contributed by atoms with Crippen LogP contribution in [-0.4, -0.2) is 89.3 Å². The summed E-state index contributed by atoms with van der Waals surface area (Å²) in [6.07, 6.45) is 0.537. The Labute approximate surface area is 272 Å². The number of pyridine rings is 1. The number of hydrogen-bond acceptors (Lipinski definition) is 11. The van der Waals surface area contributed by atoms with Crippen LogP contribution in [0.3, 0.4) is 0 Å². The highest BCUT2D eigenvalue weighted by Gasteiger charge is 2.36. The van der Waals surface area contributed by atoms with Gasteiger partial charge in [0.25, 0.3) is 11.7 Å². The van der Waals surface area contributed by atoms with Gasteiger partial charge < -0.3 is 35.4 Å². The summed E-state index contributed by atoms with van der Waals surface area (Å²) in [4.78, 5) is 59.1. The Balaban J connectivity index is 1.28. The molecule has 0 radical (unpaired) electrons. The molecule has 250 valence electrons. The second-order valence-corrected chi connectivity index (χ2v) is 11.2. The summed E-state index contributed by atoms with van der Waals surface area (Å²) in [7, 11) is 0. The quantitative estimate of drug-likeness (QED) is 0.129. The van der Waals surface area contributed by atoms with Crippen LogP contribution in [0, 0.1) is 0 Å². The van der Waals surface area contributed by atoms with E-state index in [0.29, 0.717) is 18.8 Å². The van der Waals surface area contributed by atoms with Gasteiger partial charge in [-0.05, 0) is 36.2 Å². The Hall–Kier alpha value is -4.80. The second-order valence-electron chi connectivity index (χ2n) is 10.2. The number of nitrogens with one attached hydrogen (secondary N) is 3. The number of hydroxylamine groups is 2. The van der Waals surface area contributed by atoms with Crippen LogP contribution in [0.25, 0.3) is 0 Å². The number of alkyl halides is 2. The highest BCUT2D eigenvalue weighted by atomic mass is 32.2. The lowest BCUT2D eigenvalue weighted by atomic mass is 10.2. The van der Waals surface area contributed by atoms with Crippen LogP contribution in [0.2, 0.25) is 0 Å². The molecule has 4 N–H and O–H groups in total. The Morgan fingerprint density at radius 2 is 1.77 bits per heavy atom. The fraction of sp³-hybridized carbons (Fsp3) is 0.323. The first-order valence-electron chi connectivity index (χ1n) is 14.4. The number of anilines is 1. The van der Waals surface area contributed by atoms with E-state index in [4.69, 9.17) is 14.3 Å². The lowest BCUT2D eigenvalue weighted by Gasteiger charge is -2.22. The van der Waals surface area contributed by atoms with Crippen molar-refractivity contribution in [2.45, 2.75) is 41.9 Å². The summed E-state index contributed by atoms with van der Waals surface area (Å²) in [6, 6.07) is 18.1. The molecule has 1 fully saturated rings. The first-order valence-corrected chi connectivity index (χ1v) is 15.3. The second kappa shape index (κ2) is 17.8. The van der Waals surface area contributed by atoms with Crippen LogP contribution >= 0.6 is 11.8 Å². The fourth-order valence-corrected chi connectivity index (χ4v) is 5.18. The lowest BCUT2D eigenvalue weighted by Crippen LogP contribution is -2.49. The molecule has 3 atom stereocenters. The molecule has 0 bridgehead atoms. The number of carboxylic acids is 1. The molecule has 47 heavy (non-hydrogen) atoms. The van der Waals surface area contributed by atoms with E-state index in [2.05, 4.69) is 20.9 Å². The number of aromatic nitrogens is 1. The van der Waals surface area contributed by atoms with Gasteiger partial charge in [0.2, 0.25) is 5.91 Å². The molecule has 0 spiro atoms. The van der Waals surface area contributed by atoms with Crippen molar-refractivity contribution in [2.24, 2.45) is 0 Å². The molecule has 0 aliphatic carbocycles. The summed E-state index contributed by atoms with van der Waals surface area (Å²) in [5, 5.41) is 18.8. The van der Waals surface area contributed by atoms with Crippen molar-refractivity contribution in [3.8, 4) is 0 Å². The van der Waals surface area contributed by atoms with Crippen molar-refractivity contribution >= 4 is 41.5 Å². The number of halogens is 2. The molecule has 16 heteroatoms. The van der Waals surface area contributed by atoms with Crippen molar-refractivity contribution in [2.75, 3.05) is 31.6 Å². The van der Waals surface area contributed by atoms with Crippen molar-refractivity contribution in [1.29, 1.82) is 0 Å². The molecule has 4 rings (SSSR count). The monoisotopic (exact) mass is 673 g/mol. The summed E-state index contributed by atoms with van der Waals surface area (Å²) in [5.74, 6) is -5.16. The minimum Gasteiger partial charge on any atom is -0.480 e. The maximum Gasteiger partial charge on any atom is 0.528 e. The van der Waals surface area contributed by atoms with Crippen LogP contribution in [-0.2, 0) is 30.5 Å². The number of hydrogen-bond donors (Lipinski definition) is 4. The number of carbonyl (C=O) groups excluding carboxylic acids is 3. The highest BCUT2D eigenvalue weighted by Crippen LogP contribution is 2.28. The van der Waals surface area contributed by atoms with Crippen LogP contribution in [0.5, 0.6) is 0 Å². The topological polar surface area (TPSA) is 168 Å². The summed E-state index contributed by atoms with van der Waals surface area (Å²) in [5.41, 5.74) is 0.662. The maximum absolute atomic E-state index is 12.9. The molecular weight excluding hydrogens is 640 g/mol. The molecular formula is C31H33F2N5O8S.